The summed E-state index contributed by atoms with van der Waals surface area (Å²) in [6, 6.07) is 13.2. The summed E-state index contributed by atoms with van der Waals surface area (Å²) < 4.78 is 24.2. The molecule has 1 spiro atoms. The van der Waals surface area contributed by atoms with Crippen molar-refractivity contribution in [1.29, 1.82) is 0 Å². The van der Waals surface area contributed by atoms with Crippen molar-refractivity contribution < 1.29 is 32.7 Å². The molecule has 2 aromatic heterocycles. The van der Waals surface area contributed by atoms with Crippen LogP contribution in [0, 0.1) is 23.7 Å². The Kier molecular flexibility index (Phi) is 7.88. The molecule has 0 saturated carbocycles. The first kappa shape index (κ1) is 31.7. The molecule has 250 valence electrons. The molecule has 7 rings (SSSR count). The first-order valence-electron chi connectivity index (χ1n) is 16.6. The van der Waals surface area contributed by atoms with E-state index in [0.29, 0.717) is 24.4 Å². The number of anilines is 1. The van der Waals surface area contributed by atoms with Crippen molar-refractivity contribution in [2.24, 2.45) is 23.7 Å². The maximum absolute atomic E-state index is 14.2. The molecule has 1 amide bonds. The summed E-state index contributed by atoms with van der Waals surface area (Å²) in [4.78, 5) is 49.6. The van der Waals surface area contributed by atoms with Crippen LogP contribution in [0.5, 0.6) is 5.75 Å². The number of para-hydroxylation sites is 1. The maximum atomic E-state index is 14.2. The highest BCUT2D eigenvalue weighted by Crippen LogP contribution is 2.59. The van der Waals surface area contributed by atoms with E-state index in [-0.39, 0.29) is 59.0 Å². The van der Waals surface area contributed by atoms with Gasteiger partial charge >= 0.3 is 5.97 Å². The number of Topliss-reactive ketones (excluding diaryl/α,β-unsaturated/α-hetero) is 1. The predicted octanol–water partition coefficient (Wildman–Crippen LogP) is 6.22. The van der Waals surface area contributed by atoms with Crippen LogP contribution in [0.1, 0.15) is 92.3 Å². The number of carbonyl (C=O) groups excluding carboxylic acids is 3. The summed E-state index contributed by atoms with van der Waals surface area (Å²) in [6.07, 6.45) is 1.81. The molecule has 3 aliphatic rings. The average Bonchev–Trinajstić information content (AvgIpc) is 3.83. The Hall–Kier alpha value is -4.93. The number of esters is 1. The first-order valence-corrected chi connectivity index (χ1v) is 16.6. The van der Waals surface area contributed by atoms with Crippen LogP contribution in [-0.4, -0.2) is 41.0 Å². The molecule has 4 aromatic rings. The van der Waals surface area contributed by atoms with Crippen molar-refractivity contribution in [2.45, 2.75) is 71.6 Å². The third-order valence-electron chi connectivity index (χ3n) is 10.0. The summed E-state index contributed by atoms with van der Waals surface area (Å²) >= 11 is 0. The van der Waals surface area contributed by atoms with E-state index in [0.717, 1.165) is 22.4 Å². The molecule has 3 aliphatic heterocycles. The van der Waals surface area contributed by atoms with Gasteiger partial charge in [-0.2, -0.15) is 0 Å². The molecule has 2 N–H and O–H groups in total. The van der Waals surface area contributed by atoms with Crippen molar-refractivity contribution in [3.05, 3.63) is 82.8 Å². The molecule has 11 nitrogen and oxygen atoms in total. The summed E-state index contributed by atoms with van der Waals surface area (Å²) in [6.45, 7) is 10.1. The molecule has 48 heavy (non-hydrogen) atoms. The SMILES string of the molecule is CCC(C(=O)C[C@H]1Cc2ccc3c(c2)C2(c4ccccc4N[C@H]2O3)c2oc(nc2-c2nc(C(=O)OC)co2)[C@H](C(C)C)NC1=O)C(C)C. The quantitative estimate of drug-likeness (QED) is 0.210. The number of amides is 1. The van der Waals surface area contributed by atoms with Crippen LogP contribution in [-0.2, 0) is 26.2 Å². The number of nitrogens with zero attached hydrogens (tertiary/aromatic N) is 2. The summed E-state index contributed by atoms with van der Waals surface area (Å²) in [5, 5.41) is 6.74. The number of hydrogen-bond acceptors (Lipinski definition) is 10. The van der Waals surface area contributed by atoms with E-state index in [1.165, 1.54) is 13.4 Å². The van der Waals surface area contributed by atoms with Crippen LogP contribution < -0.4 is 15.4 Å². The molecule has 2 unspecified atom stereocenters. The molecular weight excluding hydrogens is 612 g/mol. The van der Waals surface area contributed by atoms with Gasteiger partial charge in [0.05, 0.1) is 7.11 Å². The minimum Gasteiger partial charge on any atom is -0.469 e. The molecule has 2 aromatic carbocycles. The zero-order valence-corrected chi connectivity index (χ0v) is 28.0. The van der Waals surface area contributed by atoms with E-state index in [4.69, 9.17) is 23.3 Å². The fourth-order valence-electron chi connectivity index (χ4n) is 7.61. The van der Waals surface area contributed by atoms with Gasteiger partial charge in [-0.05, 0) is 47.9 Å². The lowest BCUT2D eigenvalue weighted by atomic mass is 9.72. The number of aromatic nitrogens is 2. The second-order valence-corrected chi connectivity index (χ2v) is 13.6. The summed E-state index contributed by atoms with van der Waals surface area (Å²) in [5.74, 6) is -0.161. The Bertz CT molecular complexity index is 1910. The number of methoxy groups -OCH3 is 1. The molecule has 0 aliphatic carbocycles. The van der Waals surface area contributed by atoms with E-state index in [2.05, 4.69) is 15.6 Å². The molecule has 0 fully saturated rings. The smallest absolute Gasteiger partial charge is 0.360 e. The van der Waals surface area contributed by atoms with Gasteiger partial charge in [0.1, 0.15) is 29.3 Å². The van der Waals surface area contributed by atoms with E-state index in [9.17, 15) is 14.4 Å². The topological polar surface area (TPSA) is 146 Å². The van der Waals surface area contributed by atoms with Gasteiger partial charge in [0, 0.05) is 29.5 Å². The average molecular weight is 653 g/mol. The predicted molar refractivity (Wildman–Crippen MR) is 175 cm³/mol. The number of fused-ring (bicyclic) bond motifs is 4. The Labute approximate surface area is 278 Å². The van der Waals surface area contributed by atoms with Crippen LogP contribution in [0.15, 0.2) is 57.6 Å². The Morgan fingerprint density at radius 3 is 2.58 bits per heavy atom. The van der Waals surface area contributed by atoms with E-state index in [1.54, 1.807) is 0 Å². The lowest BCUT2D eigenvalue weighted by Crippen LogP contribution is -2.40. The van der Waals surface area contributed by atoms with Gasteiger partial charge in [-0.15, -0.1) is 0 Å². The number of rotatable bonds is 8. The van der Waals surface area contributed by atoms with Gasteiger partial charge in [0.15, 0.2) is 23.4 Å². The van der Waals surface area contributed by atoms with Gasteiger partial charge in [-0.1, -0.05) is 65.0 Å². The molecule has 0 radical (unpaired) electrons. The van der Waals surface area contributed by atoms with Gasteiger partial charge in [0.2, 0.25) is 17.7 Å². The largest absolute Gasteiger partial charge is 0.469 e. The van der Waals surface area contributed by atoms with Gasteiger partial charge in [0.25, 0.3) is 0 Å². The normalized spacial score (nSPS) is 22.9. The van der Waals surface area contributed by atoms with Crippen LogP contribution >= 0.6 is 0 Å². The van der Waals surface area contributed by atoms with Crippen molar-refractivity contribution in [3.8, 4) is 17.3 Å². The van der Waals surface area contributed by atoms with E-state index >= 15 is 0 Å². The van der Waals surface area contributed by atoms with Crippen LogP contribution in [0.4, 0.5) is 5.69 Å². The number of hydrogen-bond donors (Lipinski definition) is 2. The number of nitrogens with one attached hydrogen (secondary N) is 2. The van der Waals surface area contributed by atoms with Gasteiger partial charge in [-0.25, -0.2) is 14.8 Å². The highest BCUT2D eigenvalue weighted by molar-refractivity contribution is 5.89. The molecular formula is C37H40N4O7. The first-order chi connectivity index (χ1) is 23.1. The molecule has 5 atom stereocenters. The van der Waals surface area contributed by atoms with Crippen molar-refractivity contribution in [2.75, 3.05) is 12.4 Å². The minimum absolute atomic E-state index is 0.0155. The zero-order chi connectivity index (χ0) is 33.9. The van der Waals surface area contributed by atoms with Crippen LogP contribution in [0.3, 0.4) is 0 Å². The summed E-state index contributed by atoms with van der Waals surface area (Å²) in [7, 11) is 1.27. The third-order valence-corrected chi connectivity index (χ3v) is 10.0. The van der Waals surface area contributed by atoms with Crippen LogP contribution in [0.25, 0.3) is 11.6 Å². The number of ketones is 1. The maximum Gasteiger partial charge on any atom is 0.360 e. The number of benzene rings is 2. The van der Waals surface area contributed by atoms with Gasteiger partial charge in [-0.3, -0.25) is 9.59 Å². The monoisotopic (exact) mass is 652 g/mol. The standard InChI is InChI=1S/C37H40N4O7/c1-7-22(18(2)3)27(42)16-21-14-20-12-13-28-24(15-20)37(23-10-8-9-11-25(23)39-36(37)47-28)31-30(33-38-26(17-46-33)35(44)45-6)41-34(48-31)29(19(4)5)40-32(21)43/h8-13,15,17-19,21-22,29,36,39H,7,14,16H2,1-6H3,(H,40,43)/t21-,22?,29+,36+,37?/m1/s1. The van der Waals surface area contributed by atoms with Crippen molar-refractivity contribution in [3.63, 3.8) is 0 Å². The fraction of sp³-hybridized carbons (Fsp3) is 0.432. The second kappa shape index (κ2) is 11.9. The second-order valence-electron chi connectivity index (χ2n) is 13.6. The van der Waals surface area contributed by atoms with Gasteiger partial charge < -0.3 is 28.9 Å². The highest BCUT2D eigenvalue weighted by atomic mass is 16.5. The van der Waals surface area contributed by atoms with E-state index < -0.39 is 29.6 Å². The molecule has 0 saturated heterocycles. The lowest BCUT2D eigenvalue weighted by Gasteiger charge is -2.29. The molecule has 4 bridgehead atoms. The lowest BCUT2D eigenvalue weighted by molar-refractivity contribution is -0.132. The minimum atomic E-state index is -1.04. The highest BCUT2D eigenvalue weighted by Gasteiger charge is 2.61. The van der Waals surface area contributed by atoms with E-state index in [1.807, 2.05) is 77.1 Å². The number of carbonyl (C=O) groups is 3. The Morgan fingerprint density at radius 2 is 1.85 bits per heavy atom. The van der Waals surface area contributed by atoms with Crippen molar-refractivity contribution in [1.82, 2.24) is 15.3 Å². The molecule has 11 heteroatoms. The number of oxazole rings is 2. The number of ether oxygens (including phenoxy) is 2. The molecule has 5 heterocycles. The van der Waals surface area contributed by atoms with Crippen molar-refractivity contribution >= 4 is 23.3 Å². The summed E-state index contributed by atoms with van der Waals surface area (Å²) in [5.41, 5.74) is 2.72. The van der Waals surface area contributed by atoms with Crippen LogP contribution in [0.2, 0.25) is 0 Å². The third kappa shape index (κ3) is 4.89. The fourth-order valence-corrected chi connectivity index (χ4v) is 7.61. The Balaban J connectivity index is 1.46. The Morgan fingerprint density at radius 1 is 1.06 bits per heavy atom. The zero-order valence-electron chi connectivity index (χ0n) is 28.0.